The third-order valence-corrected chi connectivity index (χ3v) is 8.92. The maximum atomic E-state index is 13.2. The fourth-order valence-electron chi connectivity index (χ4n) is 6.48. The predicted octanol–water partition coefficient (Wildman–Crippen LogP) is 4.51. The summed E-state index contributed by atoms with van der Waals surface area (Å²) < 4.78 is 7.40. The van der Waals surface area contributed by atoms with Crippen molar-refractivity contribution in [2.45, 2.75) is 72.4 Å². The molecule has 41 heavy (non-hydrogen) atoms. The molecule has 0 aromatic carbocycles. The molecule has 4 aromatic rings. The van der Waals surface area contributed by atoms with Crippen LogP contribution in [0.1, 0.15) is 63.1 Å². The summed E-state index contributed by atoms with van der Waals surface area (Å²) >= 11 is 0. The van der Waals surface area contributed by atoms with E-state index in [4.69, 9.17) is 9.72 Å². The first-order chi connectivity index (χ1) is 19.7. The minimum absolute atomic E-state index is 0.111. The molecule has 2 saturated heterocycles. The van der Waals surface area contributed by atoms with Crippen LogP contribution in [0.15, 0.2) is 24.7 Å². The molecule has 0 bridgehead atoms. The van der Waals surface area contributed by atoms with Crippen molar-refractivity contribution in [3.8, 4) is 11.3 Å². The molecule has 0 saturated carbocycles. The summed E-state index contributed by atoms with van der Waals surface area (Å²) in [7, 11) is 0. The summed E-state index contributed by atoms with van der Waals surface area (Å²) in [5, 5.41) is 4.41. The molecule has 218 valence electrons. The van der Waals surface area contributed by atoms with Gasteiger partial charge in [0.2, 0.25) is 5.91 Å². The fraction of sp³-hybridized carbons (Fsp3) is 0.548. The van der Waals surface area contributed by atoms with Crippen molar-refractivity contribution in [3.63, 3.8) is 0 Å². The number of rotatable bonds is 6. The van der Waals surface area contributed by atoms with Gasteiger partial charge in [0.1, 0.15) is 12.1 Å². The Morgan fingerprint density at radius 1 is 1.15 bits per heavy atom. The SMILES string of the molecule is Cc1c(-c2[nH]c3ccc(N4C[C@@H](C)N(C(=O)CCN5CCCOC5)C[C@@H]4C)nc3c2C(C)C)cn2ncnc2c1C. The second-order valence-electron chi connectivity index (χ2n) is 12.1. The third-order valence-electron chi connectivity index (χ3n) is 8.92. The van der Waals surface area contributed by atoms with E-state index in [1.54, 1.807) is 6.33 Å². The molecule has 1 N–H and O–H groups in total. The molecule has 0 radical (unpaired) electrons. The summed E-state index contributed by atoms with van der Waals surface area (Å²) in [6.45, 7) is 17.7. The molecule has 0 spiro atoms. The number of nitrogens with zero attached hydrogens (tertiary/aromatic N) is 7. The number of amides is 1. The number of H-pyrrole nitrogens is 1. The van der Waals surface area contributed by atoms with E-state index in [0.717, 1.165) is 72.0 Å². The van der Waals surface area contributed by atoms with Crippen molar-refractivity contribution >= 4 is 28.4 Å². The molecule has 2 aliphatic heterocycles. The molecular formula is C31H42N8O2. The molecular weight excluding hydrogens is 516 g/mol. The maximum absolute atomic E-state index is 13.2. The average Bonchev–Trinajstić information content (AvgIpc) is 3.59. The number of fused-ring (bicyclic) bond motifs is 2. The molecule has 2 atom stereocenters. The molecule has 0 aliphatic carbocycles. The summed E-state index contributed by atoms with van der Waals surface area (Å²) in [4.78, 5) is 33.2. The average molecular weight is 559 g/mol. The first-order valence-electron chi connectivity index (χ1n) is 14.9. The number of nitrogens with one attached hydrogen (secondary N) is 1. The lowest BCUT2D eigenvalue weighted by Crippen LogP contribution is -2.58. The highest BCUT2D eigenvalue weighted by atomic mass is 16.5. The molecule has 6 rings (SSSR count). The van der Waals surface area contributed by atoms with Gasteiger partial charge < -0.3 is 19.5 Å². The molecule has 4 aromatic heterocycles. The van der Waals surface area contributed by atoms with Crippen molar-refractivity contribution in [3.05, 3.63) is 41.3 Å². The van der Waals surface area contributed by atoms with E-state index in [9.17, 15) is 4.79 Å². The van der Waals surface area contributed by atoms with E-state index in [1.165, 1.54) is 11.1 Å². The van der Waals surface area contributed by atoms with E-state index in [1.807, 2.05) is 4.52 Å². The quantitative estimate of drug-likeness (QED) is 0.372. The third kappa shape index (κ3) is 5.08. The van der Waals surface area contributed by atoms with E-state index in [2.05, 4.69) is 89.6 Å². The number of anilines is 1. The number of ether oxygens (including phenoxy) is 1. The Hall–Kier alpha value is -3.50. The fourth-order valence-corrected chi connectivity index (χ4v) is 6.48. The van der Waals surface area contributed by atoms with Gasteiger partial charge in [-0.3, -0.25) is 9.69 Å². The zero-order valence-electron chi connectivity index (χ0n) is 25.1. The Labute approximate surface area is 241 Å². The van der Waals surface area contributed by atoms with Crippen LogP contribution in [0.5, 0.6) is 0 Å². The number of carbonyl (C=O) groups excluding carboxylic acids is 1. The van der Waals surface area contributed by atoms with Crippen LogP contribution < -0.4 is 4.90 Å². The van der Waals surface area contributed by atoms with Crippen LogP contribution in [-0.2, 0) is 9.53 Å². The van der Waals surface area contributed by atoms with Gasteiger partial charge in [-0.25, -0.2) is 14.5 Å². The molecule has 10 heteroatoms. The van der Waals surface area contributed by atoms with Gasteiger partial charge in [0, 0.05) is 68.6 Å². The van der Waals surface area contributed by atoms with E-state index < -0.39 is 0 Å². The lowest BCUT2D eigenvalue weighted by molar-refractivity contribution is -0.135. The Balaban J connectivity index is 1.27. The highest BCUT2D eigenvalue weighted by molar-refractivity contribution is 5.90. The Morgan fingerprint density at radius 3 is 2.73 bits per heavy atom. The highest BCUT2D eigenvalue weighted by Crippen LogP contribution is 2.38. The topological polar surface area (TPSA) is 94.9 Å². The number of aromatic amines is 1. The Kier molecular flexibility index (Phi) is 7.46. The van der Waals surface area contributed by atoms with Crippen LogP contribution in [0.3, 0.4) is 0 Å². The largest absolute Gasteiger partial charge is 0.366 e. The van der Waals surface area contributed by atoms with Crippen LogP contribution in [-0.4, -0.2) is 91.9 Å². The second kappa shape index (κ2) is 11.1. The molecule has 6 heterocycles. The minimum atomic E-state index is 0.111. The zero-order valence-corrected chi connectivity index (χ0v) is 25.1. The van der Waals surface area contributed by atoms with Gasteiger partial charge in [0.15, 0.2) is 5.65 Å². The van der Waals surface area contributed by atoms with Gasteiger partial charge in [-0.2, -0.15) is 5.10 Å². The number of hydrogen-bond donors (Lipinski definition) is 1. The summed E-state index contributed by atoms with van der Waals surface area (Å²) in [5.41, 5.74) is 8.65. The van der Waals surface area contributed by atoms with Crippen molar-refractivity contribution in [2.75, 3.05) is 44.4 Å². The lowest BCUT2D eigenvalue weighted by atomic mass is 9.95. The van der Waals surface area contributed by atoms with Gasteiger partial charge in [-0.15, -0.1) is 0 Å². The summed E-state index contributed by atoms with van der Waals surface area (Å²) in [5.74, 6) is 1.45. The number of piperazine rings is 1. The van der Waals surface area contributed by atoms with E-state index in [-0.39, 0.29) is 23.9 Å². The van der Waals surface area contributed by atoms with Crippen molar-refractivity contribution in [1.29, 1.82) is 0 Å². The lowest BCUT2D eigenvalue weighted by Gasteiger charge is -2.45. The highest BCUT2D eigenvalue weighted by Gasteiger charge is 2.33. The maximum Gasteiger partial charge on any atom is 0.224 e. The van der Waals surface area contributed by atoms with Gasteiger partial charge in [-0.1, -0.05) is 13.8 Å². The minimum Gasteiger partial charge on any atom is -0.366 e. The zero-order chi connectivity index (χ0) is 28.8. The van der Waals surface area contributed by atoms with Crippen LogP contribution in [0.2, 0.25) is 0 Å². The Bertz CT molecular complexity index is 1570. The molecule has 0 unspecified atom stereocenters. The van der Waals surface area contributed by atoms with Crippen LogP contribution >= 0.6 is 0 Å². The number of carbonyl (C=O) groups is 1. The van der Waals surface area contributed by atoms with Gasteiger partial charge in [0.25, 0.3) is 0 Å². The monoisotopic (exact) mass is 558 g/mol. The van der Waals surface area contributed by atoms with Crippen molar-refractivity contribution in [1.82, 2.24) is 34.4 Å². The molecule has 1 amide bonds. The first kappa shape index (κ1) is 27.7. The standard InChI is InChI=1S/C31H42N8O2/c1-19(2)28-29(24-16-39-31(32-17-33-39)23(6)22(24)5)34-25-8-9-26(35-30(25)28)37-14-21(4)38(15-20(37)3)27(40)10-12-36-11-7-13-41-18-36/h8-9,16-17,19-21,34H,7,10-15,18H2,1-6H3/t20-,21+/m0/s1. The van der Waals surface area contributed by atoms with Crippen LogP contribution in [0.4, 0.5) is 5.82 Å². The van der Waals surface area contributed by atoms with Crippen LogP contribution in [0.25, 0.3) is 27.9 Å². The van der Waals surface area contributed by atoms with E-state index in [0.29, 0.717) is 19.7 Å². The predicted molar refractivity (Wildman–Crippen MR) is 161 cm³/mol. The number of pyridine rings is 2. The number of aromatic nitrogens is 5. The van der Waals surface area contributed by atoms with Crippen molar-refractivity contribution < 1.29 is 9.53 Å². The summed E-state index contributed by atoms with van der Waals surface area (Å²) in [6.07, 6.45) is 5.25. The summed E-state index contributed by atoms with van der Waals surface area (Å²) in [6, 6.07) is 4.54. The number of hydrogen-bond acceptors (Lipinski definition) is 7. The second-order valence-corrected chi connectivity index (χ2v) is 12.1. The van der Waals surface area contributed by atoms with Gasteiger partial charge in [-0.05, 0) is 63.3 Å². The molecule has 2 aliphatic rings. The van der Waals surface area contributed by atoms with Gasteiger partial charge >= 0.3 is 0 Å². The van der Waals surface area contributed by atoms with E-state index >= 15 is 0 Å². The van der Waals surface area contributed by atoms with Gasteiger partial charge in [0.05, 0.1) is 23.5 Å². The Morgan fingerprint density at radius 2 is 1.98 bits per heavy atom. The smallest absolute Gasteiger partial charge is 0.224 e. The molecule has 2 fully saturated rings. The molecule has 10 nitrogen and oxygen atoms in total. The van der Waals surface area contributed by atoms with Crippen molar-refractivity contribution in [2.24, 2.45) is 0 Å². The number of aryl methyl sites for hydroxylation is 1. The normalized spacial score (nSPS) is 20.6. The first-order valence-corrected chi connectivity index (χ1v) is 14.9. The van der Waals surface area contributed by atoms with Crippen LogP contribution in [0, 0.1) is 13.8 Å².